The first-order chi connectivity index (χ1) is 10.9. The Morgan fingerprint density at radius 2 is 1.95 bits per heavy atom. The molecular weight excluding hydrogens is 272 g/mol. The van der Waals surface area contributed by atoms with Crippen LogP contribution in [0.4, 0.5) is 0 Å². The first kappa shape index (κ1) is 12.9. The molecule has 0 saturated heterocycles. The summed E-state index contributed by atoms with van der Waals surface area (Å²) in [5, 5.41) is 2.35. The van der Waals surface area contributed by atoms with Gasteiger partial charge >= 0.3 is 0 Å². The van der Waals surface area contributed by atoms with Crippen molar-refractivity contribution in [2.24, 2.45) is 0 Å². The molecule has 0 aliphatic rings. The Morgan fingerprint density at radius 1 is 0.955 bits per heavy atom. The minimum absolute atomic E-state index is 0.668. The van der Waals surface area contributed by atoms with E-state index in [0.29, 0.717) is 6.61 Å². The van der Waals surface area contributed by atoms with Crippen LogP contribution < -0.4 is 4.74 Å². The zero-order valence-electron chi connectivity index (χ0n) is 12.1. The molecule has 4 rings (SSSR count). The van der Waals surface area contributed by atoms with Crippen molar-refractivity contribution >= 4 is 21.8 Å². The highest BCUT2D eigenvalue weighted by molar-refractivity contribution is 5.80. The predicted molar refractivity (Wildman–Crippen MR) is 89.2 cm³/mol. The highest BCUT2D eigenvalue weighted by Crippen LogP contribution is 2.19. The summed E-state index contributed by atoms with van der Waals surface area (Å²) in [7, 11) is 0. The predicted octanol–water partition coefficient (Wildman–Crippen LogP) is 4.34. The second-order valence-electron chi connectivity index (χ2n) is 5.36. The van der Waals surface area contributed by atoms with Crippen LogP contribution in [0, 0.1) is 0 Å². The van der Waals surface area contributed by atoms with Gasteiger partial charge in [-0.1, -0.05) is 12.1 Å². The van der Waals surface area contributed by atoms with Gasteiger partial charge in [-0.3, -0.25) is 4.98 Å². The van der Waals surface area contributed by atoms with E-state index in [1.165, 1.54) is 16.5 Å². The lowest BCUT2D eigenvalue weighted by molar-refractivity contribution is 0.322. The monoisotopic (exact) mass is 288 g/mol. The van der Waals surface area contributed by atoms with Gasteiger partial charge in [-0.2, -0.15) is 0 Å². The van der Waals surface area contributed by atoms with Crippen LogP contribution in [0.25, 0.3) is 21.8 Å². The van der Waals surface area contributed by atoms with Crippen molar-refractivity contribution in [1.82, 2.24) is 9.97 Å². The Hall–Kier alpha value is -2.81. The zero-order valence-corrected chi connectivity index (χ0v) is 12.1. The molecular formula is C19H16N2O. The molecule has 108 valence electrons. The van der Waals surface area contributed by atoms with Crippen molar-refractivity contribution in [2.75, 3.05) is 6.61 Å². The molecule has 0 aliphatic carbocycles. The molecule has 0 radical (unpaired) electrons. The van der Waals surface area contributed by atoms with Gasteiger partial charge in [-0.15, -0.1) is 0 Å². The van der Waals surface area contributed by atoms with Crippen molar-refractivity contribution in [3.63, 3.8) is 0 Å². The number of pyridine rings is 1. The van der Waals surface area contributed by atoms with Crippen molar-refractivity contribution in [3.8, 4) is 5.75 Å². The maximum absolute atomic E-state index is 5.88. The number of rotatable bonds is 4. The number of nitrogens with one attached hydrogen (secondary N) is 1. The van der Waals surface area contributed by atoms with Crippen molar-refractivity contribution in [2.45, 2.75) is 6.42 Å². The molecule has 2 aromatic heterocycles. The molecule has 22 heavy (non-hydrogen) atoms. The topological polar surface area (TPSA) is 37.9 Å². The number of ether oxygens (including phenoxy) is 1. The molecule has 1 N–H and O–H groups in total. The number of hydrogen-bond acceptors (Lipinski definition) is 2. The summed E-state index contributed by atoms with van der Waals surface area (Å²) >= 11 is 0. The van der Waals surface area contributed by atoms with Gasteiger partial charge in [0.05, 0.1) is 12.1 Å². The fourth-order valence-electron chi connectivity index (χ4n) is 2.69. The number of hydrogen-bond donors (Lipinski definition) is 1. The molecule has 2 aromatic carbocycles. The summed E-state index contributed by atoms with van der Waals surface area (Å²) in [4.78, 5) is 7.52. The summed E-state index contributed by atoms with van der Waals surface area (Å²) in [6, 6.07) is 18.6. The van der Waals surface area contributed by atoms with Crippen LogP contribution >= 0.6 is 0 Å². The number of nitrogens with zero attached hydrogens (tertiary/aromatic N) is 1. The van der Waals surface area contributed by atoms with Crippen molar-refractivity contribution < 1.29 is 4.74 Å². The lowest BCUT2D eigenvalue weighted by Crippen LogP contribution is -2.01. The second-order valence-corrected chi connectivity index (χ2v) is 5.36. The number of H-pyrrole nitrogens is 1. The third-order valence-electron chi connectivity index (χ3n) is 3.85. The summed E-state index contributed by atoms with van der Waals surface area (Å²) in [6.45, 7) is 0.668. The van der Waals surface area contributed by atoms with Gasteiger partial charge in [-0.05, 0) is 53.4 Å². The SMILES string of the molecule is c1cnc2ccc(OCCc3ccc4[nH]ccc4c3)cc2c1. The summed E-state index contributed by atoms with van der Waals surface area (Å²) in [5.41, 5.74) is 3.45. The maximum atomic E-state index is 5.88. The van der Waals surface area contributed by atoms with Gasteiger partial charge in [0.15, 0.2) is 0 Å². The van der Waals surface area contributed by atoms with Gasteiger partial charge in [-0.25, -0.2) is 0 Å². The van der Waals surface area contributed by atoms with E-state index in [-0.39, 0.29) is 0 Å². The van der Waals surface area contributed by atoms with Crippen LogP contribution in [-0.2, 0) is 6.42 Å². The molecule has 0 saturated carbocycles. The van der Waals surface area contributed by atoms with E-state index in [1.807, 2.05) is 30.5 Å². The largest absolute Gasteiger partial charge is 0.493 e. The van der Waals surface area contributed by atoms with E-state index in [9.17, 15) is 0 Å². The number of aromatic nitrogens is 2. The average Bonchev–Trinajstić information content (AvgIpc) is 3.02. The minimum Gasteiger partial charge on any atom is -0.493 e. The molecule has 0 fully saturated rings. The van der Waals surface area contributed by atoms with E-state index >= 15 is 0 Å². The average molecular weight is 288 g/mol. The van der Waals surface area contributed by atoms with Crippen LogP contribution in [-0.4, -0.2) is 16.6 Å². The van der Waals surface area contributed by atoms with Crippen LogP contribution in [0.5, 0.6) is 5.75 Å². The fourth-order valence-corrected chi connectivity index (χ4v) is 2.69. The molecule has 4 aromatic rings. The third-order valence-corrected chi connectivity index (χ3v) is 3.85. The van der Waals surface area contributed by atoms with Gasteiger partial charge in [0.1, 0.15) is 5.75 Å². The van der Waals surface area contributed by atoms with E-state index in [0.717, 1.165) is 23.1 Å². The van der Waals surface area contributed by atoms with Gasteiger partial charge in [0.2, 0.25) is 0 Å². The first-order valence-corrected chi connectivity index (χ1v) is 7.42. The quantitative estimate of drug-likeness (QED) is 0.606. The summed E-state index contributed by atoms with van der Waals surface area (Å²) in [6.07, 6.45) is 4.67. The summed E-state index contributed by atoms with van der Waals surface area (Å²) in [5.74, 6) is 0.892. The lowest BCUT2D eigenvalue weighted by Gasteiger charge is -2.07. The normalized spacial score (nSPS) is 11.1. The standard InChI is InChI=1S/C19H16N2O/c1-2-15-13-17(4-6-19(15)20-9-1)22-11-8-14-3-5-18-16(12-14)7-10-21-18/h1-7,9-10,12-13,21H,8,11H2. The Kier molecular flexibility index (Phi) is 3.24. The van der Waals surface area contributed by atoms with Gasteiger partial charge < -0.3 is 9.72 Å². The van der Waals surface area contributed by atoms with E-state index in [2.05, 4.69) is 40.3 Å². The smallest absolute Gasteiger partial charge is 0.120 e. The molecule has 3 nitrogen and oxygen atoms in total. The molecule has 0 spiro atoms. The maximum Gasteiger partial charge on any atom is 0.120 e. The summed E-state index contributed by atoms with van der Waals surface area (Å²) < 4.78 is 5.88. The van der Waals surface area contributed by atoms with Gasteiger partial charge in [0, 0.05) is 29.7 Å². The second kappa shape index (κ2) is 5.53. The van der Waals surface area contributed by atoms with Gasteiger partial charge in [0.25, 0.3) is 0 Å². The highest BCUT2D eigenvalue weighted by atomic mass is 16.5. The zero-order chi connectivity index (χ0) is 14.8. The Labute approximate surface area is 128 Å². The van der Waals surface area contributed by atoms with E-state index in [1.54, 1.807) is 6.20 Å². The van der Waals surface area contributed by atoms with E-state index in [4.69, 9.17) is 4.74 Å². The first-order valence-electron chi connectivity index (χ1n) is 7.42. The van der Waals surface area contributed by atoms with Crippen LogP contribution in [0.1, 0.15) is 5.56 Å². The molecule has 0 atom stereocenters. The number of fused-ring (bicyclic) bond motifs is 2. The van der Waals surface area contributed by atoms with Crippen LogP contribution in [0.15, 0.2) is 67.0 Å². The molecule has 0 unspecified atom stereocenters. The van der Waals surface area contributed by atoms with Crippen molar-refractivity contribution in [3.05, 3.63) is 72.6 Å². The Balaban J connectivity index is 1.44. The molecule has 0 bridgehead atoms. The van der Waals surface area contributed by atoms with Crippen LogP contribution in [0.3, 0.4) is 0 Å². The van der Waals surface area contributed by atoms with E-state index < -0.39 is 0 Å². The molecule has 0 amide bonds. The van der Waals surface area contributed by atoms with Crippen molar-refractivity contribution in [1.29, 1.82) is 0 Å². The minimum atomic E-state index is 0.668. The number of aromatic amines is 1. The Morgan fingerprint density at radius 3 is 2.95 bits per heavy atom. The Bertz CT molecular complexity index is 927. The highest BCUT2D eigenvalue weighted by Gasteiger charge is 2.00. The van der Waals surface area contributed by atoms with Crippen LogP contribution in [0.2, 0.25) is 0 Å². The fraction of sp³-hybridized carbons (Fsp3) is 0.105. The molecule has 0 aliphatic heterocycles. The molecule has 2 heterocycles. The molecule has 3 heteroatoms. The number of benzene rings is 2. The third kappa shape index (κ3) is 2.53. The lowest BCUT2D eigenvalue weighted by atomic mass is 10.1.